The molecule has 1 saturated heterocycles. The molecule has 0 saturated carbocycles. The molecule has 0 aliphatic carbocycles. The number of aryl methyl sites for hydroxylation is 1. The van der Waals surface area contributed by atoms with E-state index in [1.54, 1.807) is 12.1 Å². The van der Waals surface area contributed by atoms with Gasteiger partial charge in [0.1, 0.15) is 11.3 Å². The number of benzene rings is 2. The lowest BCUT2D eigenvalue weighted by molar-refractivity contribution is -0.131. The molecule has 3 aromatic rings. The number of piperidine rings is 1. The fourth-order valence-corrected chi connectivity index (χ4v) is 4.18. The largest absolute Gasteiger partial charge is 0.508 e. The Morgan fingerprint density at radius 1 is 1.14 bits per heavy atom. The van der Waals surface area contributed by atoms with Gasteiger partial charge in [0, 0.05) is 24.5 Å². The average molecular weight is 391 g/mol. The van der Waals surface area contributed by atoms with E-state index in [2.05, 4.69) is 24.3 Å². The van der Waals surface area contributed by atoms with E-state index in [-0.39, 0.29) is 18.1 Å². The van der Waals surface area contributed by atoms with E-state index < -0.39 is 5.63 Å². The highest BCUT2D eigenvalue weighted by molar-refractivity contribution is 5.85. The summed E-state index contributed by atoms with van der Waals surface area (Å²) in [6.07, 6.45) is 3.05. The highest BCUT2D eigenvalue weighted by Gasteiger charge is 2.24. The zero-order valence-corrected chi connectivity index (χ0v) is 16.6. The molecule has 5 heteroatoms. The van der Waals surface area contributed by atoms with E-state index in [0.29, 0.717) is 17.1 Å². The maximum atomic E-state index is 12.8. The number of hydrogen-bond acceptors (Lipinski definition) is 4. The van der Waals surface area contributed by atoms with Crippen LogP contribution in [0.4, 0.5) is 0 Å². The predicted molar refractivity (Wildman–Crippen MR) is 112 cm³/mol. The van der Waals surface area contributed by atoms with Gasteiger partial charge in [0.05, 0.1) is 12.0 Å². The van der Waals surface area contributed by atoms with Crippen LogP contribution in [-0.4, -0.2) is 29.0 Å². The van der Waals surface area contributed by atoms with Crippen molar-refractivity contribution < 1.29 is 14.3 Å². The summed E-state index contributed by atoms with van der Waals surface area (Å²) in [6, 6.07) is 15.1. The van der Waals surface area contributed by atoms with Crippen LogP contribution >= 0.6 is 0 Å². The maximum absolute atomic E-state index is 12.8. The molecule has 0 spiro atoms. The quantitative estimate of drug-likeness (QED) is 0.686. The smallest absolute Gasteiger partial charge is 0.340 e. The summed E-state index contributed by atoms with van der Waals surface area (Å²) in [5, 5.41) is 10.3. The Hall–Kier alpha value is -3.08. The molecule has 5 nitrogen and oxygen atoms in total. The van der Waals surface area contributed by atoms with E-state index in [0.717, 1.165) is 43.3 Å². The van der Waals surface area contributed by atoms with E-state index in [1.807, 2.05) is 17.9 Å². The van der Waals surface area contributed by atoms with Crippen LogP contribution in [0.3, 0.4) is 0 Å². The van der Waals surface area contributed by atoms with Crippen LogP contribution in [0.25, 0.3) is 11.0 Å². The van der Waals surface area contributed by atoms with Crippen molar-refractivity contribution in [3.63, 3.8) is 0 Å². The second kappa shape index (κ2) is 8.11. The van der Waals surface area contributed by atoms with Crippen LogP contribution in [0, 0.1) is 12.8 Å². The molecule has 0 bridgehead atoms. The van der Waals surface area contributed by atoms with Gasteiger partial charge in [-0.15, -0.1) is 0 Å². The Kier molecular flexibility index (Phi) is 5.38. The first kappa shape index (κ1) is 19.2. The van der Waals surface area contributed by atoms with Crippen molar-refractivity contribution >= 4 is 16.9 Å². The number of phenolic OH excluding ortho intramolecular Hbond substituents is 1. The summed E-state index contributed by atoms with van der Waals surface area (Å²) < 4.78 is 5.34. The van der Waals surface area contributed by atoms with Crippen LogP contribution < -0.4 is 5.63 Å². The summed E-state index contributed by atoms with van der Waals surface area (Å²) in [5.74, 6) is 0.598. The van der Waals surface area contributed by atoms with Gasteiger partial charge in [-0.05, 0) is 55.4 Å². The van der Waals surface area contributed by atoms with Crippen LogP contribution in [0.2, 0.25) is 0 Å². The van der Waals surface area contributed by atoms with Gasteiger partial charge in [0.2, 0.25) is 5.91 Å². The van der Waals surface area contributed by atoms with E-state index in [4.69, 9.17) is 4.42 Å². The SMILES string of the molecule is Cc1c(CC(=O)N2CCC(Cc3ccccc3)CC2)c(=O)oc2cc(O)ccc12. The number of hydrogen-bond donors (Lipinski definition) is 1. The molecule has 4 rings (SSSR count). The first-order valence-corrected chi connectivity index (χ1v) is 10.1. The molecule has 1 aromatic heterocycles. The number of likely N-dealkylation sites (tertiary alicyclic amines) is 1. The second-order valence-corrected chi connectivity index (χ2v) is 7.86. The number of rotatable bonds is 4. The Labute approximate surface area is 169 Å². The lowest BCUT2D eigenvalue weighted by Gasteiger charge is -2.32. The minimum absolute atomic E-state index is 0.0308. The number of amides is 1. The van der Waals surface area contributed by atoms with E-state index in [9.17, 15) is 14.7 Å². The summed E-state index contributed by atoms with van der Waals surface area (Å²) in [7, 11) is 0. The average Bonchev–Trinajstić information content (AvgIpc) is 2.72. The number of fused-ring (bicyclic) bond motifs is 1. The second-order valence-electron chi connectivity index (χ2n) is 7.86. The van der Waals surface area contributed by atoms with Crippen LogP contribution in [0.1, 0.15) is 29.5 Å². The van der Waals surface area contributed by atoms with Crippen molar-refractivity contribution in [2.75, 3.05) is 13.1 Å². The summed E-state index contributed by atoms with van der Waals surface area (Å²) >= 11 is 0. The Morgan fingerprint density at radius 3 is 2.59 bits per heavy atom. The molecule has 0 radical (unpaired) electrons. The van der Waals surface area contributed by atoms with Gasteiger partial charge in [0.15, 0.2) is 0 Å². The molecular weight excluding hydrogens is 366 g/mol. The number of aromatic hydroxyl groups is 1. The first-order valence-electron chi connectivity index (χ1n) is 10.1. The normalized spacial score (nSPS) is 15.0. The number of phenols is 1. The molecule has 150 valence electrons. The maximum Gasteiger partial charge on any atom is 0.340 e. The third-order valence-electron chi connectivity index (χ3n) is 5.93. The fraction of sp³-hybridized carbons (Fsp3) is 0.333. The van der Waals surface area contributed by atoms with Gasteiger partial charge < -0.3 is 14.4 Å². The molecule has 29 heavy (non-hydrogen) atoms. The van der Waals surface area contributed by atoms with Gasteiger partial charge in [0.25, 0.3) is 0 Å². The minimum Gasteiger partial charge on any atom is -0.508 e. The number of carbonyl (C=O) groups excluding carboxylic acids is 1. The fourth-order valence-electron chi connectivity index (χ4n) is 4.18. The molecule has 0 unspecified atom stereocenters. The lowest BCUT2D eigenvalue weighted by Crippen LogP contribution is -2.40. The van der Waals surface area contributed by atoms with Crippen LogP contribution in [-0.2, 0) is 17.6 Å². The molecule has 0 atom stereocenters. The molecule has 1 amide bonds. The Balaban J connectivity index is 1.42. The summed E-state index contributed by atoms with van der Waals surface area (Å²) in [4.78, 5) is 27.1. The van der Waals surface area contributed by atoms with Crippen LogP contribution in [0.5, 0.6) is 5.75 Å². The molecule has 2 heterocycles. The van der Waals surface area contributed by atoms with Crippen LogP contribution in [0.15, 0.2) is 57.7 Å². The monoisotopic (exact) mass is 391 g/mol. The zero-order valence-electron chi connectivity index (χ0n) is 16.6. The van der Waals surface area contributed by atoms with Crippen molar-refractivity contribution in [3.05, 3.63) is 75.6 Å². The van der Waals surface area contributed by atoms with Crippen molar-refractivity contribution in [3.8, 4) is 5.75 Å². The van der Waals surface area contributed by atoms with Crippen molar-refractivity contribution in [2.45, 2.75) is 32.6 Å². The third kappa shape index (κ3) is 4.19. The lowest BCUT2D eigenvalue weighted by atomic mass is 9.90. The van der Waals surface area contributed by atoms with Crippen molar-refractivity contribution in [1.82, 2.24) is 4.90 Å². The summed E-state index contributed by atoms with van der Waals surface area (Å²) in [5.41, 5.74) is 2.31. The number of carbonyl (C=O) groups is 1. The van der Waals surface area contributed by atoms with E-state index >= 15 is 0 Å². The molecular formula is C24H25NO4. The third-order valence-corrected chi connectivity index (χ3v) is 5.93. The van der Waals surface area contributed by atoms with Gasteiger partial charge in [-0.3, -0.25) is 4.79 Å². The Morgan fingerprint density at radius 2 is 1.86 bits per heavy atom. The zero-order chi connectivity index (χ0) is 20.4. The van der Waals surface area contributed by atoms with Crippen molar-refractivity contribution in [1.29, 1.82) is 0 Å². The topological polar surface area (TPSA) is 70.8 Å². The van der Waals surface area contributed by atoms with E-state index in [1.165, 1.54) is 11.6 Å². The predicted octanol–water partition coefficient (Wildman–Crippen LogP) is 3.83. The molecule has 1 aliphatic rings. The molecule has 1 N–H and O–H groups in total. The van der Waals surface area contributed by atoms with Gasteiger partial charge in [-0.25, -0.2) is 4.79 Å². The van der Waals surface area contributed by atoms with Gasteiger partial charge >= 0.3 is 5.63 Å². The summed E-state index contributed by atoms with van der Waals surface area (Å²) in [6.45, 7) is 3.27. The van der Waals surface area contributed by atoms with Crippen molar-refractivity contribution in [2.24, 2.45) is 5.92 Å². The number of nitrogens with zero attached hydrogens (tertiary/aromatic N) is 1. The highest BCUT2D eigenvalue weighted by atomic mass is 16.4. The highest BCUT2D eigenvalue weighted by Crippen LogP contribution is 2.25. The first-order chi connectivity index (χ1) is 14.0. The molecule has 1 aliphatic heterocycles. The molecule has 1 fully saturated rings. The van der Waals surface area contributed by atoms with Gasteiger partial charge in [-0.2, -0.15) is 0 Å². The standard InChI is InChI=1S/C24H25NO4/c1-16-20-8-7-19(26)14-22(20)29-24(28)21(16)15-23(27)25-11-9-18(10-12-25)13-17-5-3-2-4-6-17/h2-8,14,18,26H,9-13,15H2,1H3. The Bertz CT molecular complexity index is 1080. The molecule has 2 aromatic carbocycles. The van der Waals surface area contributed by atoms with Gasteiger partial charge in [-0.1, -0.05) is 30.3 Å². The minimum atomic E-state index is -0.507.